The Labute approximate surface area is 122 Å². The molecule has 0 atom stereocenters. The molecule has 0 heterocycles. The lowest BCUT2D eigenvalue weighted by Crippen LogP contribution is -2.13. The molecule has 2 aromatic rings. The van der Waals surface area contributed by atoms with Gasteiger partial charge in [0.2, 0.25) is 0 Å². The Morgan fingerprint density at radius 1 is 1.30 bits per heavy atom. The summed E-state index contributed by atoms with van der Waals surface area (Å²) in [6.45, 7) is 0.473. The van der Waals surface area contributed by atoms with Gasteiger partial charge in [0.15, 0.2) is 0 Å². The first kappa shape index (κ1) is 14.3. The summed E-state index contributed by atoms with van der Waals surface area (Å²) in [7, 11) is 1.59. The van der Waals surface area contributed by atoms with E-state index in [2.05, 4.69) is 5.32 Å². The normalized spacial score (nSPS) is 10.1. The standard InChI is InChI=1S/C15H15FN2OS/c1-19-12-5-6-13(15(17)20)14(8-12)18-9-10-3-2-4-11(16)7-10/h2-8,18H,9H2,1H3,(H2,17,20). The SMILES string of the molecule is COc1ccc(C(N)=S)c(NCc2cccc(F)c2)c1. The molecule has 20 heavy (non-hydrogen) atoms. The Hall–Kier alpha value is -2.14. The quantitative estimate of drug-likeness (QED) is 0.831. The minimum Gasteiger partial charge on any atom is -0.497 e. The monoisotopic (exact) mass is 290 g/mol. The molecule has 0 saturated carbocycles. The summed E-state index contributed by atoms with van der Waals surface area (Å²) in [6.07, 6.45) is 0. The summed E-state index contributed by atoms with van der Waals surface area (Å²) in [5.41, 5.74) is 8.02. The molecule has 3 nitrogen and oxygen atoms in total. The third-order valence-corrected chi connectivity index (χ3v) is 3.08. The molecule has 2 rings (SSSR count). The van der Waals surface area contributed by atoms with Crippen molar-refractivity contribution >= 4 is 22.9 Å². The fourth-order valence-corrected chi connectivity index (χ4v) is 2.03. The van der Waals surface area contributed by atoms with E-state index in [0.29, 0.717) is 17.3 Å². The molecule has 0 aromatic heterocycles. The minimum absolute atomic E-state index is 0.260. The number of hydrogen-bond acceptors (Lipinski definition) is 3. The topological polar surface area (TPSA) is 47.3 Å². The summed E-state index contributed by atoms with van der Waals surface area (Å²) >= 11 is 5.02. The van der Waals surface area contributed by atoms with Crippen molar-refractivity contribution < 1.29 is 9.13 Å². The minimum atomic E-state index is -0.260. The van der Waals surface area contributed by atoms with E-state index in [1.54, 1.807) is 25.3 Å². The number of nitrogens with one attached hydrogen (secondary N) is 1. The van der Waals surface area contributed by atoms with Gasteiger partial charge in [0.05, 0.1) is 7.11 Å². The van der Waals surface area contributed by atoms with Crippen molar-refractivity contribution in [3.63, 3.8) is 0 Å². The highest BCUT2D eigenvalue weighted by atomic mass is 32.1. The van der Waals surface area contributed by atoms with Gasteiger partial charge in [-0.25, -0.2) is 4.39 Å². The predicted octanol–water partition coefficient (Wildman–Crippen LogP) is 3.08. The summed E-state index contributed by atoms with van der Waals surface area (Å²) in [5, 5.41) is 3.20. The molecule has 0 aliphatic heterocycles. The van der Waals surface area contributed by atoms with Crippen LogP contribution in [0.1, 0.15) is 11.1 Å². The summed E-state index contributed by atoms with van der Waals surface area (Å²) < 4.78 is 18.3. The van der Waals surface area contributed by atoms with Crippen molar-refractivity contribution in [3.05, 3.63) is 59.4 Å². The maximum atomic E-state index is 13.1. The van der Waals surface area contributed by atoms with Gasteiger partial charge in [0.25, 0.3) is 0 Å². The molecule has 104 valence electrons. The smallest absolute Gasteiger partial charge is 0.123 e. The fraction of sp³-hybridized carbons (Fsp3) is 0.133. The zero-order valence-electron chi connectivity index (χ0n) is 11.0. The number of halogens is 1. The number of anilines is 1. The van der Waals surface area contributed by atoms with E-state index in [0.717, 1.165) is 16.8 Å². The first-order valence-corrected chi connectivity index (χ1v) is 6.47. The van der Waals surface area contributed by atoms with Gasteiger partial charge in [-0.3, -0.25) is 0 Å². The molecule has 0 amide bonds. The first-order valence-electron chi connectivity index (χ1n) is 6.06. The first-order chi connectivity index (χ1) is 9.60. The molecular formula is C15H15FN2OS. The number of ether oxygens (including phenoxy) is 1. The van der Waals surface area contributed by atoms with Gasteiger partial charge in [-0.2, -0.15) is 0 Å². The van der Waals surface area contributed by atoms with Crippen molar-refractivity contribution in [1.29, 1.82) is 0 Å². The van der Waals surface area contributed by atoms with Crippen molar-refractivity contribution in [2.75, 3.05) is 12.4 Å². The summed E-state index contributed by atoms with van der Waals surface area (Å²) in [6, 6.07) is 11.8. The number of methoxy groups -OCH3 is 1. The number of hydrogen-bond donors (Lipinski definition) is 2. The second kappa shape index (κ2) is 6.34. The highest BCUT2D eigenvalue weighted by Crippen LogP contribution is 2.23. The Morgan fingerprint density at radius 2 is 2.10 bits per heavy atom. The zero-order valence-corrected chi connectivity index (χ0v) is 11.8. The van der Waals surface area contributed by atoms with Crippen LogP contribution in [0.3, 0.4) is 0 Å². The highest BCUT2D eigenvalue weighted by molar-refractivity contribution is 7.80. The Kier molecular flexibility index (Phi) is 4.53. The van der Waals surface area contributed by atoms with Gasteiger partial charge < -0.3 is 15.8 Å². The van der Waals surface area contributed by atoms with Gasteiger partial charge in [-0.05, 0) is 29.8 Å². The lowest BCUT2D eigenvalue weighted by Gasteiger charge is -2.13. The Bertz CT molecular complexity index is 631. The van der Waals surface area contributed by atoms with E-state index < -0.39 is 0 Å². The zero-order chi connectivity index (χ0) is 14.5. The summed E-state index contributed by atoms with van der Waals surface area (Å²) in [4.78, 5) is 0.300. The van der Waals surface area contributed by atoms with Crippen LogP contribution in [-0.4, -0.2) is 12.1 Å². The van der Waals surface area contributed by atoms with Gasteiger partial charge in [0, 0.05) is 23.9 Å². The number of benzene rings is 2. The van der Waals surface area contributed by atoms with Gasteiger partial charge >= 0.3 is 0 Å². The number of thiocarbonyl (C=S) groups is 1. The average molecular weight is 290 g/mol. The average Bonchev–Trinajstić information content (AvgIpc) is 2.44. The Balaban J connectivity index is 2.21. The van der Waals surface area contributed by atoms with E-state index in [1.807, 2.05) is 12.1 Å². The molecule has 0 spiro atoms. The van der Waals surface area contributed by atoms with E-state index in [1.165, 1.54) is 12.1 Å². The second-order valence-electron chi connectivity index (χ2n) is 4.26. The third-order valence-electron chi connectivity index (χ3n) is 2.86. The van der Waals surface area contributed by atoms with Crippen LogP contribution in [0.2, 0.25) is 0 Å². The second-order valence-corrected chi connectivity index (χ2v) is 4.70. The molecule has 0 radical (unpaired) electrons. The van der Waals surface area contributed by atoms with Crippen molar-refractivity contribution in [2.24, 2.45) is 5.73 Å². The lowest BCUT2D eigenvalue weighted by molar-refractivity contribution is 0.415. The van der Waals surface area contributed by atoms with Gasteiger partial charge in [-0.15, -0.1) is 0 Å². The van der Waals surface area contributed by atoms with Crippen molar-refractivity contribution in [3.8, 4) is 5.75 Å². The molecule has 0 bridgehead atoms. The van der Waals surface area contributed by atoms with E-state index in [4.69, 9.17) is 22.7 Å². The number of nitrogens with two attached hydrogens (primary N) is 1. The van der Waals surface area contributed by atoms with Crippen LogP contribution in [0.5, 0.6) is 5.75 Å². The fourth-order valence-electron chi connectivity index (χ4n) is 1.86. The van der Waals surface area contributed by atoms with Crippen LogP contribution in [0, 0.1) is 5.82 Å². The lowest BCUT2D eigenvalue weighted by atomic mass is 10.1. The molecule has 0 fully saturated rings. The van der Waals surface area contributed by atoms with Gasteiger partial charge in [-0.1, -0.05) is 24.4 Å². The van der Waals surface area contributed by atoms with Crippen LogP contribution in [-0.2, 0) is 6.54 Å². The molecule has 3 N–H and O–H groups in total. The van der Waals surface area contributed by atoms with E-state index >= 15 is 0 Å². The van der Waals surface area contributed by atoms with Crippen molar-refractivity contribution in [1.82, 2.24) is 0 Å². The van der Waals surface area contributed by atoms with Crippen LogP contribution in [0.4, 0.5) is 10.1 Å². The third kappa shape index (κ3) is 3.45. The maximum Gasteiger partial charge on any atom is 0.123 e. The van der Waals surface area contributed by atoms with Crippen molar-refractivity contribution in [2.45, 2.75) is 6.54 Å². The molecule has 0 aliphatic rings. The molecule has 0 aliphatic carbocycles. The predicted molar refractivity (Wildman–Crippen MR) is 82.6 cm³/mol. The molecule has 0 unspecified atom stereocenters. The van der Waals surface area contributed by atoms with Crippen LogP contribution >= 0.6 is 12.2 Å². The van der Waals surface area contributed by atoms with E-state index in [-0.39, 0.29) is 5.82 Å². The molecular weight excluding hydrogens is 275 g/mol. The highest BCUT2D eigenvalue weighted by Gasteiger charge is 2.07. The van der Waals surface area contributed by atoms with Gasteiger partial charge in [0.1, 0.15) is 16.6 Å². The largest absolute Gasteiger partial charge is 0.497 e. The maximum absolute atomic E-state index is 13.1. The van der Waals surface area contributed by atoms with Crippen LogP contribution in [0.15, 0.2) is 42.5 Å². The summed E-state index contributed by atoms with van der Waals surface area (Å²) in [5.74, 6) is 0.441. The number of rotatable bonds is 5. The molecule has 2 aromatic carbocycles. The van der Waals surface area contributed by atoms with E-state index in [9.17, 15) is 4.39 Å². The van der Waals surface area contributed by atoms with Crippen LogP contribution < -0.4 is 15.8 Å². The molecule has 5 heteroatoms. The molecule has 0 saturated heterocycles. The van der Waals surface area contributed by atoms with Crippen LogP contribution in [0.25, 0.3) is 0 Å². The Morgan fingerprint density at radius 3 is 2.75 bits per heavy atom.